The Morgan fingerprint density at radius 1 is 1.77 bits per heavy atom. The van der Waals surface area contributed by atoms with Crippen LogP contribution < -0.4 is 0 Å². The fourth-order valence-corrected chi connectivity index (χ4v) is 1.98. The summed E-state index contributed by atoms with van der Waals surface area (Å²) in [5.41, 5.74) is -0.000973. The fraction of sp³-hybridized carbons (Fsp3) is 0.167. The lowest BCUT2D eigenvalue weighted by Gasteiger charge is -2.02. The van der Waals surface area contributed by atoms with Crippen LogP contribution in [0.3, 0.4) is 0 Å². The Morgan fingerprint density at radius 3 is 2.92 bits per heavy atom. The summed E-state index contributed by atoms with van der Waals surface area (Å²) in [5.74, 6) is 0. The van der Waals surface area contributed by atoms with Crippen molar-refractivity contribution >= 4 is 39.4 Å². The highest BCUT2D eigenvalue weighted by molar-refractivity contribution is 9.09. The number of ether oxygens (including phenoxy) is 1. The molecule has 5 nitrogen and oxygen atoms in total. The predicted octanol–water partition coefficient (Wildman–Crippen LogP) is 2.22. The molecule has 0 radical (unpaired) electrons. The molecule has 0 bridgehead atoms. The minimum atomic E-state index is -0.608. The molecule has 70 valence electrons. The van der Waals surface area contributed by atoms with E-state index >= 15 is 0 Å². The van der Waals surface area contributed by atoms with Gasteiger partial charge in [0.15, 0.2) is 5.01 Å². The Balaban J connectivity index is 2.78. The van der Waals surface area contributed by atoms with Crippen LogP contribution in [-0.4, -0.2) is 11.4 Å². The second-order valence-electron chi connectivity index (χ2n) is 2.01. The number of hydrogen-bond donors (Lipinski definition) is 0. The maximum Gasteiger partial charge on any atom is 0.294 e. The van der Waals surface area contributed by atoms with Crippen molar-refractivity contribution in [1.29, 1.82) is 0 Å². The van der Waals surface area contributed by atoms with Crippen LogP contribution in [0.4, 0.5) is 5.69 Å². The molecule has 0 aliphatic heterocycles. The molecule has 0 fully saturated rings. The van der Waals surface area contributed by atoms with Crippen molar-refractivity contribution in [2.24, 2.45) is 0 Å². The van der Waals surface area contributed by atoms with Crippen LogP contribution in [-0.2, 0) is 9.53 Å². The fourth-order valence-electron chi connectivity index (χ4n) is 0.673. The average Bonchev–Trinajstić information content (AvgIpc) is 2.52. The molecule has 1 aromatic heterocycles. The highest BCUT2D eigenvalue weighted by Crippen LogP contribution is 2.32. The van der Waals surface area contributed by atoms with Crippen molar-refractivity contribution in [2.75, 3.05) is 0 Å². The van der Waals surface area contributed by atoms with E-state index in [1.54, 1.807) is 0 Å². The lowest BCUT2D eigenvalue weighted by atomic mass is 10.4. The summed E-state index contributed by atoms with van der Waals surface area (Å²) < 4.78 is 4.54. The highest BCUT2D eigenvalue weighted by atomic mass is 79.9. The van der Waals surface area contributed by atoms with Gasteiger partial charge >= 0.3 is 0 Å². The van der Waals surface area contributed by atoms with Crippen molar-refractivity contribution < 1.29 is 14.5 Å². The smallest absolute Gasteiger partial charge is 0.294 e. The number of alkyl halides is 1. The highest BCUT2D eigenvalue weighted by Gasteiger charge is 2.15. The molecule has 0 N–H and O–H groups in total. The third-order valence-electron chi connectivity index (χ3n) is 1.22. The standard InChI is InChI=1S/C6H4BrNO4S/c7-6(12-3-9)5-1-4(2-13-5)8(10)11/h1-3,6H. The number of thiophene rings is 1. The Kier molecular flexibility index (Phi) is 3.38. The van der Waals surface area contributed by atoms with Crippen molar-refractivity contribution in [3.8, 4) is 0 Å². The Hall–Kier alpha value is -0.950. The molecular weight excluding hydrogens is 262 g/mol. The van der Waals surface area contributed by atoms with Gasteiger partial charge in [-0.1, -0.05) is 0 Å². The maximum atomic E-state index is 10.3. The molecule has 0 aliphatic carbocycles. The predicted molar refractivity (Wildman–Crippen MR) is 49.8 cm³/mol. The number of halogens is 1. The average molecular weight is 266 g/mol. The number of hydrogen-bond acceptors (Lipinski definition) is 5. The molecule has 7 heteroatoms. The zero-order valence-corrected chi connectivity index (χ0v) is 8.58. The summed E-state index contributed by atoms with van der Waals surface area (Å²) >= 11 is 4.20. The molecule has 1 aromatic rings. The number of nitrogens with zero attached hydrogens (tertiary/aromatic N) is 1. The summed E-state index contributed by atoms with van der Waals surface area (Å²) in [7, 11) is 0. The van der Waals surface area contributed by atoms with Gasteiger partial charge in [0.2, 0.25) is 0 Å². The van der Waals surface area contributed by atoms with Crippen molar-refractivity contribution in [3.63, 3.8) is 0 Å². The van der Waals surface area contributed by atoms with Crippen LogP contribution in [0.25, 0.3) is 0 Å². The lowest BCUT2D eigenvalue weighted by Crippen LogP contribution is -1.91. The Morgan fingerprint density at radius 2 is 2.46 bits per heavy atom. The van der Waals surface area contributed by atoms with Crippen molar-refractivity contribution in [3.05, 3.63) is 26.4 Å². The summed E-state index contributed by atoms with van der Waals surface area (Å²) in [6.45, 7) is 0.283. The summed E-state index contributed by atoms with van der Waals surface area (Å²) in [6.07, 6.45) is 0. The molecule has 13 heavy (non-hydrogen) atoms. The molecule has 0 saturated heterocycles. The van der Waals surface area contributed by atoms with Gasteiger partial charge < -0.3 is 4.74 Å². The van der Waals surface area contributed by atoms with Gasteiger partial charge in [-0.25, -0.2) is 0 Å². The zero-order chi connectivity index (χ0) is 9.84. The van der Waals surface area contributed by atoms with Crippen molar-refractivity contribution in [2.45, 2.75) is 5.01 Å². The van der Waals surface area contributed by atoms with Gasteiger partial charge in [-0.3, -0.25) is 14.9 Å². The second kappa shape index (κ2) is 4.33. The van der Waals surface area contributed by atoms with Gasteiger partial charge in [-0.05, 0) is 15.9 Å². The molecule has 1 heterocycles. The minimum Gasteiger partial charge on any atom is -0.447 e. The van der Waals surface area contributed by atoms with Crippen LogP contribution in [0.15, 0.2) is 11.4 Å². The molecule has 0 spiro atoms. The van der Waals surface area contributed by atoms with Gasteiger partial charge in [-0.2, -0.15) is 0 Å². The van der Waals surface area contributed by atoms with E-state index in [9.17, 15) is 14.9 Å². The van der Waals surface area contributed by atoms with Crippen LogP contribution in [0.1, 0.15) is 9.89 Å². The first-order chi connectivity index (χ1) is 6.15. The number of carbonyl (C=O) groups is 1. The van der Waals surface area contributed by atoms with Gasteiger partial charge in [0.25, 0.3) is 12.2 Å². The van der Waals surface area contributed by atoms with E-state index in [1.807, 2.05) is 0 Å². The zero-order valence-electron chi connectivity index (χ0n) is 6.18. The first-order valence-corrected chi connectivity index (χ1v) is 4.90. The quantitative estimate of drug-likeness (QED) is 0.362. The van der Waals surface area contributed by atoms with E-state index in [-0.39, 0.29) is 12.2 Å². The van der Waals surface area contributed by atoms with E-state index in [2.05, 4.69) is 20.7 Å². The first-order valence-electron chi connectivity index (χ1n) is 3.11. The largest absolute Gasteiger partial charge is 0.447 e. The topological polar surface area (TPSA) is 69.4 Å². The Bertz CT molecular complexity index is 326. The van der Waals surface area contributed by atoms with Gasteiger partial charge in [0, 0.05) is 6.07 Å². The van der Waals surface area contributed by atoms with Crippen LogP contribution in [0.2, 0.25) is 0 Å². The van der Waals surface area contributed by atoms with Crippen LogP contribution in [0.5, 0.6) is 0 Å². The van der Waals surface area contributed by atoms with E-state index in [0.29, 0.717) is 4.88 Å². The third kappa shape index (κ3) is 2.49. The molecule has 0 aliphatic rings. The summed E-state index contributed by atoms with van der Waals surface area (Å²) in [6, 6.07) is 1.35. The summed E-state index contributed by atoms with van der Waals surface area (Å²) in [5, 5.41) is 11.1. The molecule has 1 atom stereocenters. The first kappa shape index (κ1) is 10.1. The SMILES string of the molecule is O=COC(Br)c1cc([N+](=O)[O-])cs1. The monoisotopic (exact) mass is 265 g/mol. The molecular formula is C6H4BrNO4S. The van der Waals surface area contributed by atoms with E-state index in [0.717, 1.165) is 11.3 Å². The lowest BCUT2D eigenvalue weighted by molar-refractivity contribution is -0.384. The number of carbonyl (C=O) groups excluding carboxylic acids is 1. The van der Waals surface area contributed by atoms with E-state index in [1.165, 1.54) is 11.4 Å². The summed E-state index contributed by atoms with van der Waals surface area (Å²) in [4.78, 5) is 20.3. The van der Waals surface area contributed by atoms with Crippen molar-refractivity contribution in [1.82, 2.24) is 0 Å². The normalized spacial score (nSPS) is 12.1. The second-order valence-corrected chi connectivity index (χ2v) is 3.79. The molecule has 0 saturated carbocycles. The van der Waals surface area contributed by atoms with Crippen LogP contribution in [0, 0.1) is 10.1 Å². The Labute approximate surface area is 85.6 Å². The van der Waals surface area contributed by atoms with Gasteiger partial charge in [0.1, 0.15) is 0 Å². The third-order valence-corrected chi connectivity index (χ3v) is 3.19. The minimum absolute atomic E-state index is 0.000973. The van der Waals surface area contributed by atoms with E-state index < -0.39 is 9.94 Å². The number of nitro groups is 1. The molecule has 0 aromatic carbocycles. The number of rotatable bonds is 4. The van der Waals surface area contributed by atoms with Crippen LogP contribution >= 0.6 is 27.3 Å². The maximum absolute atomic E-state index is 10.3. The van der Waals surface area contributed by atoms with Gasteiger partial charge in [0.05, 0.1) is 15.2 Å². The molecule has 1 unspecified atom stereocenters. The molecule has 0 amide bonds. The van der Waals surface area contributed by atoms with Gasteiger partial charge in [-0.15, -0.1) is 11.3 Å². The molecule has 1 rings (SSSR count). The van der Waals surface area contributed by atoms with E-state index in [4.69, 9.17) is 0 Å².